The molecular weight excluding hydrogens is 466 g/mol. The maximum Gasteiger partial charge on any atom is 0.230 e. The van der Waals surface area contributed by atoms with Gasteiger partial charge in [0.1, 0.15) is 0 Å². The molecule has 180 valence electrons. The molecule has 0 aliphatic heterocycles. The molecule has 3 aromatic carbocycles. The van der Waals surface area contributed by atoms with E-state index in [2.05, 4.69) is 28.5 Å². The van der Waals surface area contributed by atoms with Crippen molar-refractivity contribution in [1.82, 2.24) is 9.97 Å². The lowest BCUT2D eigenvalue weighted by Gasteiger charge is -2.13. The van der Waals surface area contributed by atoms with Crippen LogP contribution in [0.1, 0.15) is 38.6 Å². The van der Waals surface area contributed by atoms with Crippen molar-refractivity contribution in [3.05, 3.63) is 123 Å². The van der Waals surface area contributed by atoms with E-state index in [0.29, 0.717) is 6.42 Å². The van der Waals surface area contributed by atoms with E-state index in [0.717, 1.165) is 56.1 Å². The van der Waals surface area contributed by atoms with Gasteiger partial charge in [0.05, 0.1) is 29.2 Å². The molecule has 5 nitrogen and oxygen atoms in total. The summed E-state index contributed by atoms with van der Waals surface area (Å²) in [5.74, 6) is -0.0894. The minimum Gasteiger partial charge on any atom is -0.392 e. The Kier molecular flexibility index (Phi) is 7.16. The van der Waals surface area contributed by atoms with Gasteiger partial charge >= 0.3 is 0 Å². The molecule has 0 saturated carbocycles. The number of rotatable bonds is 8. The number of pyridine rings is 1. The summed E-state index contributed by atoms with van der Waals surface area (Å²) in [6.07, 6.45) is 1.62. The number of nitrogens with one attached hydrogen (secondary N) is 1. The summed E-state index contributed by atoms with van der Waals surface area (Å²) >= 11 is 1.59. The number of aromatic nitrogens is 2. The zero-order valence-electron chi connectivity index (χ0n) is 20.1. The molecule has 0 spiro atoms. The van der Waals surface area contributed by atoms with Crippen molar-refractivity contribution < 1.29 is 9.90 Å². The Balaban J connectivity index is 1.31. The highest BCUT2D eigenvalue weighted by atomic mass is 32.1. The molecule has 2 aromatic heterocycles. The Hall–Kier alpha value is -3.87. The summed E-state index contributed by atoms with van der Waals surface area (Å²) in [5.41, 5.74) is 7.47. The van der Waals surface area contributed by atoms with E-state index in [9.17, 15) is 9.90 Å². The number of aryl methyl sites for hydroxylation is 1. The van der Waals surface area contributed by atoms with Crippen LogP contribution in [0.3, 0.4) is 0 Å². The number of thiazole rings is 1. The summed E-state index contributed by atoms with van der Waals surface area (Å²) in [6.45, 7) is 1.91. The molecule has 0 fully saturated rings. The normalized spacial score (nSPS) is 11.1. The van der Waals surface area contributed by atoms with Gasteiger partial charge in [-0.25, -0.2) is 4.98 Å². The lowest BCUT2D eigenvalue weighted by atomic mass is 9.98. The van der Waals surface area contributed by atoms with Gasteiger partial charge in [-0.15, -0.1) is 11.3 Å². The Morgan fingerprint density at radius 3 is 2.50 bits per heavy atom. The van der Waals surface area contributed by atoms with Crippen LogP contribution in [0.2, 0.25) is 0 Å². The van der Waals surface area contributed by atoms with E-state index in [1.54, 1.807) is 11.3 Å². The monoisotopic (exact) mass is 493 g/mol. The van der Waals surface area contributed by atoms with E-state index in [1.165, 1.54) is 5.56 Å². The third-order valence-electron chi connectivity index (χ3n) is 6.12. The lowest BCUT2D eigenvalue weighted by molar-refractivity contribution is -0.115. The maximum absolute atomic E-state index is 12.9. The summed E-state index contributed by atoms with van der Waals surface area (Å²) in [4.78, 5) is 22.3. The minimum absolute atomic E-state index is 0.0281. The predicted molar refractivity (Wildman–Crippen MR) is 145 cm³/mol. The van der Waals surface area contributed by atoms with E-state index in [1.807, 2.05) is 73.0 Å². The second-order valence-corrected chi connectivity index (χ2v) is 9.79. The molecule has 2 N–H and O–H groups in total. The van der Waals surface area contributed by atoms with Crippen molar-refractivity contribution in [2.75, 3.05) is 5.32 Å². The second kappa shape index (κ2) is 10.8. The quantitative estimate of drug-likeness (QED) is 0.284. The number of fused-ring (bicyclic) bond motifs is 1. The molecule has 5 aromatic rings. The van der Waals surface area contributed by atoms with Crippen molar-refractivity contribution in [2.24, 2.45) is 0 Å². The summed E-state index contributed by atoms with van der Waals surface area (Å²) in [7, 11) is 0. The number of benzene rings is 3. The fourth-order valence-electron chi connectivity index (χ4n) is 4.44. The van der Waals surface area contributed by atoms with Gasteiger partial charge in [-0.2, -0.15) is 0 Å². The van der Waals surface area contributed by atoms with Crippen molar-refractivity contribution >= 4 is 33.8 Å². The van der Waals surface area contributed by atoms with Gasteiger partial charge in [0.25, 0.3) is 0 Å². The zero-order valence-corrected chi connectivity index (χ0v) is 20.9. The van der Waals surface area contributed by atoms with Crippen LogP contribution in [-0.2, 0) is 30.7 Å². The number of aliphatic hydroxyl groups excluding tert-OH is 1. The van der Waals surface area contributed by atoms with Crippen molar-refractivity contribution in [3.8, 4) is 0 Å². The SMILES string of the molecule is Cc1cc(CO)c2cccc(Cc3ccccc3NC(=O)Cc3csc(Cc4ccccc4)n3)c2n1. The van der Waals surface area contributed by atoms with Crippen LogP contribution in [0.25, 0.3) is 10.9 Å². The first kappa shape index (κ1) is 23.9. The van der Waals surface area contributed by atoms with E-state index < -0.39 is 0 Å². The predicted octanol–water partition coefficient (Wildman–Crippen LogP) is 5.85. The first-order valence-corrected chi connectivity index (χ1v) is 12.8. The van der Waals surface area contributed by atoms with Crippen LogP contribution in [-0.4, -0.2) is 21.0 Å². The molecule has 1 amide bonds. The highest BCUT2D eigenvalue weighted by Gasteiger charge is 2.13. The lowest BCUT2D eigenvalue weighted by Crippen LogP contribution is -2.16. The second-order valence-electron chi connectivity index (χ2n) is 8.85. The zero-order chi connectivity index (χ0) is 24.9. The number of para-hydroxylation sites is 2. The number of amides is 1. The number of aliphatic hydroxyl groups is 1. The molecule has 5 rings (SSSR count). The van der Waals surface area contributed by atoms with Crippen molar-refractivity contribution in [1.29, 1.82) is 0 Å². The Morgan fingerprint density at radius 1 is 0.889 bits per heavy atom. The van der Waals surface area contributed by atoms with Crippen LogP contribution in [0.5, 0.6) is 0 Å². The van der Waals surface area contributed by atoms with Gasteiger partial charge in [-0.05, 0) is 41.3 Å². The highest BCUT2D eigenvalue weighted by molar-refractivity contribution is 7.09. The Labute approximate surface area is 214 Å². The molecular formula is C30H27N3O2S. The first-order chi connectivity index (χ1) is 17.6. The molecule has 0 bridgehead atoms. The molecule has 0 atom stereocenters. The van der Waals surface area contributed by atoms with E-state index >= 15 is 0 Å². The van der Waals surface area contributed by atoms with Gasteiger partial charge in [0, 0.05) is 35.0 Å². The van der Waals surface area contributed by atoms with Gasteiger partial charge in [0.2, 0.25) is 5.91 Å². The summed E-state index contributed by atoms with van der Waals surface area (Å²) in [6, 6.07) is 26.0. The number of anilines is 1. The maximum atomic E-state index is 12.9. The molecule has 0 saturated heterocycles. The molecule has 2 heterocycles. The standard InChI is InChI=1S/C30H27N3O2S/c1-20-14-24(18-34)26-12-7-11-23(30(26)31-20)16-22-10-5-6-13-27(22)33-28(35)17-25-19-36-29(32-25)15-21-8-3-2-4-9-21/h2-14,19,34H,15-18H2,1H3,(H,33,35). The average Bonchev–Trinajstić information content (AvgIpc) is 3.32. The first-order valence-electron chi connectivity index (χ1n) is 11.9. The highest BCUT2D eigenvalue weighted by Crippen LogP contribution is 2.26. The molecule has 0 aliphatic rings. The Bertz CT molecular complexity index is 1510. The molecule has 0 unspecified atom stereocenters. The van der Waals surface area contributed by atoms with Crippen LogP contribution < -0.4 is 5.32 Å². The minimum atomic E-state index is -0.0894. The summed E-state index contributed by atoms with van der Waals surface area (Å²) < 4.78 is 0. The average molecular weight is 494 g/mol. The van der Waals surface area contributed by atoms with E-state index in [4.69, 9.17) is 4.98 Å². The van der Waals surface area contributed by atoms with E-state index in [-0.39, 0.29) is 18.9 Å². The van der Waals surface area contributed by atoms with Crippen LogP contribution in [0.15, 0.2) is 84.2 Å². The fraction of sp³-hybridized carbons (Fsp3) is 0.167. The fourth-order valence-corrected chi connectivity index (χ4v) is 5.26. The molecule has 0 radical (unpaired) electrons. The van der Waals surface area contributed by atoms with Gasteiger partial charge < -0.3 is 10.4 Å². The smallest absolute Gasteiger partial charge is 0.230 e. The topological polar surface area (TPSA) is 75.1 Å². The number of carbonyl (C=O) groups is 1. The molecule has 0 aliphatic carbocycles. The van der Waals surface area contributed by atoms with Gasteiger partial charge in [-0.3, -0.25) is 9.78 Å². The van der Waals surface area contributed by atoms with Crippen LogP contribution in [0.4, 0.5) is 5.69 Å². The number of hydrogen-bond acceptors (Lipinski definition) is 5. The third-order valence-corrected chi connectivity index (χ3v) is 7.02. The van der Waals surface area contributed by atoms with Crippen molar-refractivity contribution in [2.45, 2.75) is 32.8 Å². The number of hydrogen-bond donors (Lipinski definition) is 2. The Morgan fingerprint density at radius 2 is 1.67 bits per heavy atom. The van der Waals surface area contributed by atoms with Crippen molar-refractivity contribution in [3.63, 3.8) is 0 Å². The largest absolute Gasteiger partial charge is 0.392 e. The van der Waals surface area contributed by atoms with Gasteiger partial charge in [0.15, 0.2) is 0 Å². The van der Waals surface area contributed by atoms with Crippen LogP contribution >= 0.6 is 11.3 Å². The molecule has 6 heteroatoms. The molecule has 36 heavy (non-hydrogen) atoms. The third kappa shape index (κ3) is 5.51. The van der Waals surface area contributed by atoms with Gasteiger partial charge in [-0.1, -0.05) is 66.7 Å². The number of nitrogens with zero attached hydrogens (tertiary/aromatic N) is 2. The van der Waals surface area contributed by atoms with Crippen LogP contribution in [0, 0.1) is 6.92 Å². The summed E-state index contributed by atoms with van der Waals surface area (Å²) in [5, 5.41) is 16.8. The number of carbonyl (C=O) groups excluding carboxylic acids is 1.